The molecule has 2 atom stereocenters. The highest BCUT2D eigenvalue weighted by Gasteiger charge is 2.22. The second-order valence-electron chi connectivity index (χ2n) is 5.41. The first kappa shape index (κ1) is 16.5. The Labute approximate surface area is 131 Å². The lowest BCUT2D eigenvalue weighted by Gasteiger charge is -2.28. The Kier molecular flexibility index (Phi) is 5.81. The molecule has 0 bridgehead atoms. The van der Waals surface area contributed by atoms with Gasteiger partial charge in [0.1, 0.15) is 0 Å². The van der Waals surface area contributed by atoms with Gasteiger partial charge in [-0.05, 0) is 62.5 Å². The maximum Gasteiger partial charge on any atom is 0.233 e. The Hall–Kier alpha value is -0.880. The van der Waals surface area contributed by atoms with Crippen molar-refractivity contribution in [3.63, 3.8) is 0 Å². The molecule has 1 aromatic rings. The fourth-order valence-electron chi connectivity index (χ4n) is 2.44. The Bertz CT molecular complexity index is 578. The second kappa shape index (κ2) is 7.40. The smallest absolute Gasteiger partial charge is 0.233 e. The van der Waals surface area contributed by atoms with Crippen molar-refractivity contribution in [2.75, 3.05) is 13.1 Å². The molecule has 0 saturated carbocycles. The van der Waals surface area contributed by atoms with Crippen LogP contribution in [0.5, 0.6) is 0 Å². The minimum Gasteiger partial charge on any atom is -0.316 e. The molecule has 2 unspecified atom stereocenters. The molecular weight excluding hydrogens is 308 g/mol. The number of sulfonamides is 1. The maximum atomic E-state index is 12.1. The van der Waals surface area contributed by atoms with Crippen LogP contribution in [0.2, 0.25) is 5.02 Å². The van der Waals surface area contributed by atoms with Crippen molar-refractivity contribution in [1.29, 1.82) is 0 Å². The Morgan fingerprint density at radius 2 is 2.10 bits per heavy atom. The molecule has 1 aromatic carbocycles. The molecule has 4 nitrogen and oxygen atoms in total. The molecule has 0 radical (unpaired) electrons. The van der Waals surface area contributed by atoms with E-state index in [9.17, 15) is 8.42 Å². The zero-order valence-corrected chi connectivity index (χ0v) is 13.6. The summed E-state index contributed by atoms with van der Waals surface area (Å²) in [4.78, 5) is 0. The molecule has 2 rings (SSSR count). The van der Waals surface area contributed by atoms with E-state index in [0.717, 1.165) is 31.5 Å². The summed E-state index contributed by atoms with van der Waals surface area (Å²) in [5.74, 6) is 0.345. The van der Waals surface area contributed by atoms with Crippen LogP contribution in [-0.4, -0.2) is 27.5 Å². The van der Waals surface area contributed by atoms with Gasteiger partial charge in [0.25, 0.3) is 0 Å². The lowest BCUT2D eigenvalue weighted by molar-refractivity contribution is 0.321. The summed E-state index contributed by atoms with van der Waals surface area (Å²) in [7, 11) is -3.43. The van der Waals surface area contributed by atoms with E-state index < -0.39 is 10.0 Å². The molecule has 0 aromatic heterocycles. The molecular formula is C15H21ClN2O2S. The Morgan fingerprint density at radius 3 is 2.71 bits per heavy atom. The van der Waals surface area contributed by atoms with Gasteiger partial charge in [-0.2, -0.15) is 0 Å². The highest BCUT2D eigenvalue weighted by atomic mass is 35.5. The monoisotopic (exact) mass is 328 g/mol. The van der Waals surface area contributed by atoms with E-state index in [1.54, 1.807) is 30.3 Å². The molecule has 0 spiro atoms. The third-order valence-electron chi connectivity index (χ3n) is 3.70. The predicted molar refractivity (Wildman–Crippen MR) is 87.6 cm³/mol. The van der Waals surface area contributed by atoms with Crippen molar-refractivity contribution in [2.45, 2.75) is 25.8 Å². The molecule has 6 heteroatoms. The van der Waals surface area contributed by atoms with Crippen molar-refractivity contribution in [1.82, 2.24) is 10.0 Å². The highest BCUT2D eigenvalue weighted by molar-refractivity contribution is 7.92. The van der Waals surface area contributed by atoms with Crippen molar-refractivity contribution >= 4 is 27.7 Å². The van der Waals surface area contributed by atoms with E-state index in [2.05, 4.69) is 10.0 Å². The first-order valence-electron chi connectivity index (χ1n) is 7.13. The van der Waals surface area contributed by atoms with Crippen LogP contribution >= 0.6 is 11.6 Å². The number of rotatable bonds is 5. The van der Waals surface area contributed by atoms with Gasteiger partial charge in [-0.3, -0.25) is 0 Å². The van der Waals surface area contributed by atoms with Gasteiger partial charge in [-0.1, -0.05) is 23.7 Å². The Balaban J connectivity index is 1.96. The zero-order valence-electron chi connectivity index (χ0n) is 12.0. The maximum absolute atomic E-state index is 12.1. The Morgan fingerprint density at radius 1 is 1.38 bits per heavy atom. The number of benzene rings is 1. The van der Waals surface area contributed by atoms with Gasteiger partial charge in [-0.15, -0.1) is 0 Å². The number of nitrogens with one attached hydrogen (secondary N) is 2. The van der Waals surface area contributed by atoms with Gasteiger partial charge in [0.2, 0.25) is 10.0 Å². The number of halogens is 1. The van der Waals surface area contributed by atoms with Crippen LogP contribution in [0.25, 0.3) is 6.08 Å². The van der Waals surface area contributed by atoms with Gasteiger partial charge in [0.05, 0.1) is 0 Å². The summed E-state index contributed by atoms with van der Waals surface area (Å²) in [6.07, 6.45) is 3.72. The fraction of sp³-hybridized carbons (Fsp3) is 0.467. The number of hydrogen-bond acceptors (Lipinski definition) is 3. The van der Waals surface area contributed by atoms with Crippen LogP contribution in [0.4, 0.5) is 0 Å². The first-order valence-corrected chi connectivity index (χ1v) is 9.05. The van der Waals surface area contributed by atoms with Crippen LogP contribution < -0.4 is 10.0 Å². The zero-order chi connectivity index (χ0) is 15.3. The third-order valence-corrected chi connectivity index (χ3v) is 5.15. The average molecular weight is 329 g/mol. The summed E-state index contributed by atoms with van der Waals surface area (Å²) in [5.41, 5.74) is 0.803. The van der Waals surface area contributed by atoms with E-state index in [4.69, 9.17) is 11.6 Å². The van der Waals surface area contributed by atoms with E-state index in [1.807, 2.05) is 6.92 Å². The highest BCUT2D eigenvalue weighted by Crippen LogP contribution is 2.15. The topological polar surface area (TPSA) is 58.2 Å². The SMILES string of the molecule is CC(NS(=O)(=O)C=Cc1ccc(Cl)cc1)C1CCCNC1. The van der Waals surface area contributed by atoms with E-state index in [1.165, 1.54) is 5.41 Å². The summed E-state index contributed by atoms with van der Waals surface area (Å²) in [5, 5.41) is 5.14. The van der Waals surface area contributed by atoms with Gasteiger partial charge in [0, 0.05) is 16.5 Å². The molecule has 1 fully saturated rings. The van der Waals surface area contributed by atoms with Crippen LogP contribution in [0.3, 0.4) is 0 Å². The van der Waals surface area contributed by atoms with Gasteiger partial charge < -0.3 is 5.32 Å². The predicted octanol–water partition coefficient (Wildman–Crippen LogP) is 2.62. The number of hydrogen-bond donors (Lipinski definition) is 2. The molecule has 21 heavy (non-hydrogen) atoms. The van der Waals surface area contributed by atoms with E-state index in [-0.39, 0.29) is 6.04 Å². The molecule has 0 aliphatic carbocycles. The largest absolute Gasteiger partial charge is 0.316 e. The molecule has 1 saturated heterocycles. The lowest BCUT2D eigenvalue weighted by Crippen LogP contribution is -2.43. The second-order valence-corrected chi connectivity index (χ2v) is 7.45. The van der Waals surface area contributed by atoms with Gasteiger partial charge in [0.15, 0.2) is 0 Å². The van der Waals surface area contributed by atoms with Crippen molar-refractivity contribution < 1.29 is 8.42 Å². The minimum absolute atomic E-state index is 0.0716. The molecule has 1 heterocycles. The van der Waals surface area contributed by atoms with E-state index in [0.29, 0.717) is 10.9 Å². The molecule has 1 aliphatic rings. The molecule has 116 valence electrons. The summed E-state index contributed by atoms with van der Waals surface area (Å²) in [6, 6.07) is 6.96. The average Bonchev–Trinajstić information content (AvgIpc) is 2.47. The van der Waals surface area contributed by atoms with Gasteiger partial charge in [-0.25, -0.2) is 13.1 Å². The van der Waals surface area contributed by atoms with Crippen molar-refractivity contribution in [3.8, 4) is 0 Å². The summed E-state index contributed by atoms with van der Waals surface area (Å²) in [6.45, 7) is 3.81. The van der Waals surface area contributed by atoms with Gasteiger partial charge >= 0.3 is 0 Å². The quantitative estimate of drug-likeness (QED) is 0.873. The first-order chi connectivity index (χ1) is 9.96. The van der Waals surface area contributed by atoms with E-state index >= 15 is 0 Å². The van der Waals surface area contributed by atoms with Crippen LogP contribution in [0.1, 0.15) is 25.3 Å². The minimum atomic E-state index is -3.43. The summed E-state index contributed by atoms with van der Waals surface area (Å²) >= 11 is 5.80. The standard InChI is InChI=1S/C15H21ClN2O2S/c1-12(14-3-2-9-17-11-14)18-21(19,20)10-8-13-4-6-15(16)7-5-13/h4-8,10,12,14,17-18H,2-3,9,11H2,1H3. The normalized spacial score (nSPS) is 21.5. The third kappa shape index (κ3) is 5.43. The molecule has 1 aliphatic heterocycles. The number of piperidine rings is 1. The molecule has 2 N–H and O–H groups in total. The fourth-order valence-corrected chi connectivity index (χ4v) is 3.69. The van der Waals surface area contributed by atoms with Crippen LogP contribution in [0.15, 0.2) is 29.7 Å². The van der Waals surface area contributed by atoms with Crippen LogP contribution in [0, 0.1) is 5.92 Å². The lowest BCUT2D eigenvalue weighted by atomic mass is 9.94. The summed E-state index contributed by atoms with van der Waals surface area (Å²) < 4.78 is 26.9. The van der Waals surface area contributed by atoms with Crippen molar-refractivity contribution in [2.24, 2.45) is 5.92 Å². The van der Waals surface area contributed by atoms with Crippen LogP contribution in [-0.2, 0) is 10.0 Å². The van der Waals surface area contributed by atoms with Crippen molar-refractivity contribution in [3.05, 3.63) is 40.3 Å². The molecule has 0 amide bonds.